The molecular weight excluding hydrogens is 244 g/mol. The van der Waals surface area contributed by atoms with Crippen molar-refractivity contribution in [1.82, 2.24) is 10.6 Å². The van der Waals surface area contributed by atoms with Gasteiger partial charge in [-0.15, -0.1) is 0 Å². The molecule has 112 valence electrons. The Kier molecular flexibility index (Phi) is 8.02. The minimum Gasteiger partial charge on any atom is -0.389 e. The summed E-state index contributed by atoms with van der Waals surface area (Å²) in [5.74, 6) is 1.26. The van der Waals surface area contributed by atoms with Crippen LogP contribution in [0.2, 0.25) is 0 Å². The van der Waals surface area contributed by atoms with E-state index in [1.165, 1.54) is 12.8 Å². The van der Waals surface area contributed by atoms with Crippen molar-refractivity contribution in [1.29, 1.82) is 0 Å². The molecule has 1 unspecified atom stereocenters. The van der Waals surface area contributed by atoms with E-state index in [2.05, 4.69) is 24.5 Å². The predicted molar refractivity (Wildman–Crippen MR) is 74.9 cm³/mol. The van der Waals surface area contributed by atoms with Crippen LogP contribution in [0.25, 0.3) is 0 Å². The van der Waals surface area contributed by atoms with E-state index in [0.717, 1.165) is 19.1 Å². The first-order valence-electron chi connectivity index (χ1n) is 7.31. The number of amides is 1. The zero-order chi connectivity index (χ0) is 14.1. The van der Waals surface area contributed by atoms with Crippen molar-refractivity contribution in [2.45, 2.75) is 39.2 Å². The molecule has 0 bridgehead atoms. The van der Waals surface area contributed by atoms with Gasteiger partial charge < -0.3 is 20.5 Å². The van der Waals surface area contributed by atoms with Gasteiger partial charge in [-0.3, -0.25) is 4.79 Å². The van der Waals surface area contributed by atoms with Gasteiger partial charge in [0.2, 0.25) is 5.91 Å². The van der Waals surface area contributed by atoms with Crippen molar-refractivity contribution in [2.24, 2.45) is 11.8 Å². The fourth-order valence-electron chi connectivity index (χ4n) is 1.59. The lowest BCUT2D eigenvalue weighted by Gasteiger charge is -2.12. The van der Waals surface area contributed by atoms with Crippen molar-refractivity contribution in [3.63, 3.8) is 0 Å². The topological polar surface area (TPSA) is 70.6 Å². The van der Waals surface area contributed by atoms with Crippen LogP contribution in [0.5, 0.6) is 0 Å². The molecule has 1 aliphatic carbocycles. The lowest BCUT2D eigenvalue weighted by atomic mass is 10.2. The van der Waals surface area contributed by atoms with E-state index < -0.39 is 6.10 Å². The smallest absolute Gasteiger partial charge is 0.221 e. The van der Waals surface area contributed by atoms with Crippen LogP contribution >= 0.6 is 0 Å². The summed E-state index contributed by atoms with van der Waals surface area (Å²) < 4.78 is 5.39. The maximum absolute atomic E-state index is 11.4. The summed E-state index contributed by atoms with van der Waals surface area (Å²) in [6.07, 6.45) is 2.49. The molecule has 19 heavy (non-hydrogen) atoms. The van der Waals surface area contributed by atoms with E-state index in [-0.39, 0.29) is 5.91 Å². The van der Waals surface area contributed by atoms with Crippen molar-refractivity contribution in [3.8, 4) is 0 Å². The highest BCUT2D eigenvalue weighted by molar-refractivity contribution is 5.76. The van der Waals surface area contributed by atoms with Gasteiger partial charge in [0.1, 0.15) is 0 Å². The van der Waals surface area contributed by atoms with Crippen LogP contribution in [0.4, 0.5) is 0 Å². The zero-order valence-corrected chi connectivity index (χ0v) is 12.2. The molecule has 1 atom stereocenters. The Morgan fingerprint density at radius 1 is 1.37 bits per heavy atom. The molecule has 1 saturated carbocycles. The van der Waals surface area contributed by atoms with Crippen LogP contribution in [0.1, 0.15) is 33.1 Å². The fraction of sp³-hybridized carbons (Fsp3) is 0.929. The molecule has 1 aliphatic rings. The van der Waals surface area contributed by atoms with Crippen molar-refractivity contribution < 1.29 is 14.6 Å². The van der Waals surface area contributed by atoms with Crippen molar-refractivity contribution in [3.05, 3.63) is 0 Å². The first kappa shape index (κ1) is 16.4. The van der Waals surface area contributed by atoms with E-state index in [0.29, 0.717) is 32.0 Å². The van der Waals surface area contributed by atoms with Gasteiger partial charge in [0, 0.05) is 32.7 Å². The van der Waals surface area contributed by atoms with Gasteiger partial charge in [0.25, 0.3) is 0 Å². The van der Waals surface area contributed by atoms with Gasteiger partial charge in [-0.2, -0.15) is 0 Å². The number of carbonyl (C=O) groups is 1. The monoisotopic (exact) mass is 272 g/mol. The standard InChI is InChI=1S/C14H28N2O3/c1-11(2)7-16-14(18)5-6-15-8-13(17)10-19-9-12-3-4-12/h11-13,15,17H,3-10H2,1-2H3,(H,16,18). The third-order valence-corrected chi connectivity index (χ3v) is 2.98. The summed E-state index contributed by atoms with van der Waals surface area (Å²) >= 11 is 0. The molecule has 1 fully saturated rings. The van der Waals surface area contributed by atoms with E-state index in [1.807, 2.05) is 0 Å². The minimum absolute atomic E-state index is 0.0562. The second-order valence-electron chi connectivity index (χ2n) is 5.79. The third kappa shape index (κ3) is 9.87. The summed E-state index contributed by atoms with van der Waals surface area (Å²) in [6, 6.07) is 0. The lowest BCUT2D eigenvalue weighted by molar-refractivity contribution is -0.121. The second kappa shape index (κ2) is 9.28. The molecule has 0 aromatic rings. The highest BCUT2D eigenvalue weighted by Gasteiger charge is 2.21. The van der Waals surface area contributed by atoms with E-state index in [4.69, 9.17) is 4.74 Å². The number of ether oxygens (including phenoxy) is 1. The maximum Gasteiger partial charge on any atom is 0.221 e. The Bertz CT molecular complexity index is 255. The molecule has 5 heteroatoms. The fourth-order valence-corrected chi connectivity index (χ4v) is 1.59. The summed E-state index contributed by atoms with van der Waals surface area (Å²) in [5, 5.41) is 15.6. The van der Waals surface area contributed by atoms with Crippen LogP contribution in [0.3, 0.4) is 0 Å². The van der Waals surface area contributed by atoms with Gasteiger partial charge in [-0.25, -0.2) is 0 Å². The third-order valence-electron chi connectivity index (χ3n) is 2.98. The van der Waals surface area contributed by atoms with Crippen LogP contribution in [-0.4, -0.2) is 50.0 Å². The van der Waals surface area contributed by atoms with E-state index in [9.17, 15) is 9.90 Å². The number of carbonyl (C=O) groups excluding carboxylic acids is 1. The molecule has 0 aromatic carbocycles. The average Bonchev–Trinajstić information content (AvgIpc) is 3.16. The largest absolute Gasteiger partial charge is 0.389 e. The number of hydrogen-bond donors (Lipinski definition) is 3. The Labute approximate surface area is 116 Å². The van der Waals surface area contributed by atoms with E-state index in [1.54, 1.807) is 0 Å². The normalized spacial score (nSPS) is 16.6. The average molecular weight is 272 g/mol. The molecular formula is C14H28N2O3. The summed E-state index contributed by atoms with van der Waals surface area (Å²) in [4.78, 5) is 11.4. The highest BCUT2D eigenvalue weighted by atomic mass is 16.5. The Balaban J connectivity index is 1.86. The molecule has 0 heterocycles. The molecule has 1 amide bonds. The zero-order valence-electron chi connectivity index (χ0n) is 12.2. The SMILES string of the molecule is CC(C)CNC(=O)CCNCC(O)COCC1CC1. The molecule has 3 N–H and O–H groups in total. The predicted octanol–water partition coefficient (Wildman–Crippen LogP) is 0.526. The van der Waals surface area contributed by atoms with Crippen molar-refractivity contribution >= 4 is 5.91 Å². The molecule has 5 nitrogen and oxygen atoms in total. The van der Waals surface area contributed by atoms with Crippen LogP contribution < -0.4 is 10.6 Å². The number of aliphatic hydroxyl groups excluding tert-OH is 1. The van der Waals surface area contributed by atoms with Crippen LogP contribution in [-0.2, 0) is 9.53 Å². The number of rotatable bonds is 11. The van der Waals surface area contributed by atoms with Crippen LogP contribution in [0.15, 0.2) is 0 Å². The quantitative estimate of drug-likeness (QED) is 0.480. The van der Waals surface area contributed by atoms with Gasteiger partial charge >= 0.3 is 0 Å². The minimum atomic E-state index is -0.488. The lowest BCUT2D eigenvalue weighted by Crippen LogP contribution is -2.34. The summed E-state index contributed by atoms with van der Waals surface area (Å²) in [5.41, 5.74) is 0. The summed E-state index contributed by atoms with van der Waals surface area (Å²) in [6.45, 7) is 7.06. The molecule has 0 aromatic heterocycles. The molecule has 0 aliphatic heterocycles. The van der Waals surface area contributed by atoms with Crippen LogP contribution in [0, 0.1) is 11.8 Å². The first-order chi connectivity index (χ1) is 9.08. The Morgan fingerprint density at radius 2 is 2.11 bits per heavy atom. The Hall–Kier alpha value is -0.650. The van der Waals surface area contributed by atoms with Gasteiger partial charge in [0.05, 0.1) is 12.7 Å². The molecule has 0 spiro atoms. The van der Waals surface area contributed by atoms with E-state index >= 15 is 0 Å². The first-order valence-corrected chi connectivity index (χ1v) is 7.31. The van der Waals surface area contributed by atoms with Crippen molar-refractivity contribution in [2.75, 3.05) is 32.8 Å². The maximum atomic E-state index is 11.4. The highest BCUT2D eigenvalue weighted by Crippen LogP contribution is 2.28. The molecule has 0 radical (unpaired) electrons. The molecule has 1 rings (SSSR count). The second-order valence-corrected chi connectivity index (χ2v) is 5.79. The van der Waals surface area contributed by atoms with Gasteiger partial charge in [-0.05, 0) is 24.7 Å². The van der Waals surface area contributed by atoms with Gasteiger partial charge in [-0.1, -0.05) is 13.8 Å². The summed E-state index contributed by atoms with van der Waals surface area (Å²) in [7, 11) is 0. The number of nitrogens with one attached hydrogen (secondary N) is 2. The Morgan fingerprint density at radius 3 is 2.74 bits per heavy atom. The number of aliphatic hydroxyl groups is 1. The van der Waals surface area contributed by atoms with Gasteiger partial charge in [0.15, 0.2) is 0 Å². The molecule has 0 saturated heterocycles. The number of hydrogen-bond acceptors (Lipinski definition) is 4.